The van der Waals surface area contributed by atoms with Gasteiger partial charge in [0, 0.05) is 12.6 Å². The molecule has 140 valence electrons. The molecule has 0 amide bonds. The molecule has 0 fully saturated rings. The van der Waals surface area contributed by atoms with Crippen molar-refractivity contribution < 1.29 is 22.5 Å². The van der Waals surface area contributed by atoms with Crippen LogP contribution in [-0.2, 0) is 12.7 Å². The Bertz CT molecular complexity index is 1100. The number of non-ortho nitro benzene ring substituents is 1. The van der Waals surface area contributed by atoms with Crippen molar-refractivity contribution in [3.8, 4) is 0 Å². The van der Waals surface area contributed by atoms with Crippen LogP contribution in [0.25, 0.3) is 10.1 Å². The fourth-order valence-electron chi connectivity index (χ4n) is 2.35. The van der Waals surface area contributed by atoms with Gasteiger partial charge in [-0.3, -0.25) is 14.9 Å². The quantitative estimate of drug-likeness (QED) is 0.401. The van der Waals surface area contributed by atoms with Crippen molar-refractivity contribution in [3.05, 3.63) is 73.8 Å². The average Bonchev–Trinajstić information content (AvgIpc) is 2.58. The highest BCUT2D eigenvalue weighted by Crippen LogP contribution is 2.37. The van der Waals surface area contributed by atoms with Crippen molar-refractivity contribution in [2.45, 2.75) is 12.7 Å². The topological polar surface area (TPSA) is 85.1 Å². The zero-order valence-corrected chi connectivity index (χ0v) is 14.0. The van der Waals surface area contributed by atoms with E-state index >= 15 is 0 Å². The van der Waals surface area contributed by atoms with Crippen LogP contribution in [0.5, 0.6) is 0 Å². The molecule has 3 aromatic rings. The van der Waals surface area contributed by atoms with E-state index in [2.05, 4.69) is 10.3 Å². The molecule has 1 aromatic heterocycles. The number of nitrogens with zero attached hydrogens (tertiary/aromatic N) is 2. The van der Waals surface area contributed by atoms with Crippen molar-refractivity contribution >= 4 is 32.2 Å². The Morgan fingerprint density at radius 2 is 1.96 bits per heavy atom. The van der Waals surface area contributed by atoms with Crippen LogP contribution >= 0.6 is 11.3 Å². The summed E-state index contributed by atoms with van der Waals surface area (Å²) >= 11 is 0.674. The van der Waals surface area contributed by atoms with Gasteiger partial charge in [0.25, 0.3) is 11.2 Å². The SMILES string of the molecule is O=c1nc(NCc2cccc(F)c2)sc2c([N+](=O)[O-])cc(C(F)(F)F)cc12. The Hall–Kier alpha value is -3.08. The van der Waals surface area contributed by atoms with E-state index in [0.29, 0.717) is 29.0 Å². The molecule has 0 aliphatic carbocycles. The Morgan fingerprint density at radius 1 is 1.22 bits per heavy atom. The van der Waals surface area contributed by atoms with E-state index in [1.54, 1.807) is 6.07 Å². The number of fused-ring (bicyclic) bond motifs is 1. The summed E-state index contributed by atoms with van der Waals surface area (Å²) in [7, 11) is 0. The van der Waals surface area contributed by atoms with Gasteiger partial charge in [-0.15, -0.1) is 0 Å². The van der Waals surface area contributed by atoms with Gasteiger partial charge < -0.3 is 5.32 Å². The molecule has 27 heavy (non-hydrogen) atoms. The number of hydrogen-bond donors (Lipinski definition) is 1. The van der Waals surface area contributed by atoms with Crippen LogP contribution in [0.1, 0.15) is 11.1 Å². The maximum atomic E-state index is 13.2. The molecule has 0 aliphatic heterocycles. The van der Waals surface area contributed by atoms with Gasteiger partial charge in [-0.25, -0.2) is 4.39 Å². The Balaban J connectivity index is 2.06. The number of nitro benzene ring substituents is 1. The van der Waals surface area contributed by atoms with Crippen LogP contribution in [0.2, 0.25) is 0 Å². The van der Waals surface area contributed by atoms with Crippen LogP contribution in [0, 0.1) is 15.9 Å². The van der Waals surface area contributed by atoms with Crippen LogP contribution < -0.4 is 10.9 Å². The molecule has 1 N–H and O–H groups in total. The molecule has 1 heterocycles. The molecule has 0 saturated carbocycles. The van der Waals surface area contributed by atoms with Crippen LogP contribution in [0.4, 0.5) is 28.4 Å². The van der Waals surface area contributed by atoms with Crippen LogP contribution in [-0.4, -0.2) is 9.91 Å². The molecule has 6 nitrogen and oxygen atoms in total. The van der Waals surface area contributed by atoms with E-state index in [1.807, 2.05) is 0 Å². The number of halogens is 4. The number of alkyl halides is 3. The van der Waals surface area contributed by atoms with Crippen molar-refractivity contribution in [3.63, 3.8) is 0 Å². The fraction of sp³-hybridized carbons (Fsp3) is 0.125. The monoisotopic (exact) mass is 399 g/mol. The number of nitrogens with one attached hydrogen (secondary N) is 1. The molecule has 0 unspecified atom stereocenters. The standard InChI is InChI=1S/C16H9F4N3O3S/c17-10-3-1-2-8(4-10)7-21-15-22-14(24)11-5-9(16(18,19)20)6-12(23(25)26)13(11)27-15/h1-6H,7H2,(H,21,22,24). The van der Waals surface area contributed by atoms with Gasteiger partial charge in [-0.05, 0) is 23.8 Å². The fourth-order valence-corrected chi connectivity index (χ4v) is 3.31. The van der Waals surface area contributed by atoms with Crippen LogP contribution in [0.15, 0.2) is 41.2 Å². The summed E-state index contributed by atoms with van der Waals surface area (Å²) in [6.07, 6.45) is -4.84. The third kappa shape index (κ3) is 4.03. The summed E-state index contributed by atoms with van der Waals surface area (Å²) in [5, 5.41) is 13.4. The molecule has 0 aliphatic rings. The largest absolute Gasteiger partial charge is 0.416 e. The van der Waals surface area contributed by atoms with Crippen molar-refractivity contribution in [1.29, 1.82) is 0 Å². The highest BCUT2D eigenvalue weighted by molar-refractivity contribution is 7.22. The number of aromatic nitrogens is 1. The molecule has 0 bridgehead atoms. The van der Waals surface area contributed by atoms with Gasteiger partial charge in [-0.2, -0.15) is 18.2 Å². The lowest BCUT2D eigenvalue weighted by molar-refractivity contribution is -0.383. The van der Waals surface area contributed by atoms with E-state index in [0.717, 1.165) is 0 Å². The lowest BCUT2D eigenvalue weighted by Gasteiger charge is -2.09. The first-order valence-corrected chi connectivity index (χ1v) is 8.15. The Labute approximate surface area is 152 Å². The van der Waals surface area contributed by atoms with Gasteiger partial charge in [0.05, 0.1) is 15.9 Å². The van der Waals surface area contributed by atoms with Crippen molar-refractivity contribution in [1.82, 2.24) is 4.98 Å². The molecule has 0 spiro atoms. The third-order valence-electron chi connectivity index (χ3n) is 3.56. The minimum Gasteiger partial charge on any atom is -0.357 e. The zero-order chi connectivity index (χ0) is 19.8. The molecule has 0 saturated heterocycles. The molecule has 2 aromatic carbocycles. The zero-order valence-electron chi connectivity index (χ0n) is 13.2. The van der Waals surface area contributed by atoms with Crippen molar-refractivity contribution in [2.24, 2.45) is 0 Å². The maximum Gasteiger partial charge on any atom is 0.416 e. The second-order valence-electron chi connectivity index (χ2n) is 5.43. The van der Waals surface area contributed by atoms with E-state index in [-0.39, 0.29) is 16.4 Å². The van der Waals surface area contributed by atoms with Gasteiger partial charge in [0.2, 0.25) is 0 Å². The number of hydrogen-bond acceptors (Lipinski definition) is 6. The number of benzene rings is 2. The van der Waals surface area contributed by atoms with E-state index in [9.17, 15) is 32.5 Å². The minimum absolute atomic E-state index is 0.0281. The predicted molar refractivity (Wildman–Crippen MR) is 91.3 cm³/mol. The lowest BCUT2D eigenvalue weighted by atomic mass is 10.1. The smallest absolute Gasteiger partial charge is 0.357 e. The highest BCUT2D eigenvalue weighted by Gasteiger charge is 2.34. The maximum absolute atomic E-state index is 13.2. The van der Waals surface area contributed by atoms with Crippen LogP contribution in [0.3, 0.4) is 0 Å². The van der Waals surface area contributed by atoms with Crippen molar-refractivity contribution in [2.75, 3.05) is 5.32 Å². The van der Waals surface area contributed by atoms with Gasteiger partial charge in [-0.1, -0.05) is 23.5 Å². The average molecular weight is 399 g/mol. The summed E-state index contributed by atoms with van der Waals surface area (Å²) in [6.45, 7) is 0.0701. The molecule has 0 radical (unpaired) electrons. The molecule has 0 atom stereocenters. The summed E-state index contributed by atoms with van der Waals surface area (Å²) in [5.74, 6) is -0.468. The lowest BCUT2D eigenvalue weighted by Crippen LogP contribution is -2.13. The summed E-state index contributed by atoms with van der Waals surface area (Å²) < 4.78 is 51.7. The highest BCUT2D eigenvalue weighted by atomic mass is 32.1. The van der Waals surface area contributed by atoms with E-state index in [1.165, 1.54) is 18.2 Å². The number of nitro groups is 1. The van der Waals surface area contributed by atoms with E-state index < -0.39 is 39.1 Å². The van der Waals surface area contributed by atoms with Gasteiger partial charge in [0.1, 0.15) is 10.5 Å². The van der Waals surface area contributed by atoms with Gasteiger partial charge >= 0.3 is 6.18 Å². The molecule has 11 heteroatoms. The van der Waals surface area contributed by atoms with E-state index in [4.69, 9.17) is 0 Å². The van der Waals surface area contributed by atoms with Gasteiger partial charge in [0.15, 0.2) is 5.13 Å². The Morgan fingerprint density at radius 3 is 2.59 bits per heavy atom. The molecular formula is C16H9F4N3O3S. The first-order valence-electron chi connectivity index (χ1n) is 7.34. The normalized spacial score (nSPS) is 11.6. The summed E-state index contributed by atoms with van der Waals surface area (Å²) in [5.41, 5.74) is -2.63. The summed E-state index contributed by atoms with van der Waals surface area (Å²) in [6, 6.07) is 6.51. The number of anilines is 1. The second-order valence-corrected chi connectivity index (χ2v) is 6.43. The number of rotatable bonds is 4. The first kappa shape index (κ1) is 18.7. The Kier molecular flexibility index (Phi) is 4.79. The third-order valence-corrected chi connectivity index (χ3v) is 4.62. The summed E-state index contributed by atoms with van der Waals surface area (Å²) in [4.78, 5) is 26.0. The molecular weight excluding hydrogens is 390 g/mol. The molecule has 3 rings (SSSR count). The minimum atomic E-state index is -4.84. The second kappa shape index (κ2) is 6.91. The predicted octanol–water partition coefficient (Wildman–Crippen LogP) is 4.33. The first-order chi connectivity index (χ1) is 12.6.